The van der Waals surface area contributed by atoms with Crippen molar-refractivity contribution in [3.05, 3.63) is 70.4 Å². The molecule has 3 rings (SSSR count). The van der Waals surface area contributed by atoms with Crippen LogP contribution in [0.1, 0.15) is 5.56 Å². The van der Waals surface area contributed by atoms with Crippen molar-refractivity contribution in [2.24, 2.45) is 0 Å². The van der Waals surface area contributed by atoms with Gasteiger partial charge in [0.2, 0.25) is 0 Å². The standard InChI is InChI=1S/C20H19N3O5S/c24-19(21-10-9-14-11-22-16-6-2-1-5-15(14)16)12-28-20(25)13-29-18-8-4-3-7-17(18)23(26)27/h1-8,11,22H,9-10,12-13H2,(H,21,24). The SMILES string of the molecule is O=C(COC(=O)CSc1ccccc1[N+](=O)[O-])NCCc1c[nH]c2ccccc12. The van der Waals surface area contributed by atoms with Crippen LogP contribution in [-0.4, -0.2) is 40.7 Å². The van der Waals surface area contributed by atoms with E-state index in [0.29, 0.717) is 17.9 Å². The van der Waals surface area contributed by atoms with Gasteiger partial charge in [0.15, 0.2) is 6.61 Å². The highest BCUT2D eigenvalue weighted by Crippen LogP contribution is 2.28. The van der Waals surface area contributed by atoms with Gasteiger partial charge in [-0.25, -0.2) is 0 Å². The Morgan fingerprint density at radius 1 is 1.14 bits per heavy atom. The highest BCUT2D eigenvalue weighted by Gasteiger charge is 2.15. The Balaban J connectivity index is 1.38. The molecule has 0 radical (unpaired) electrons. The number of ether oxygens (including phenoxy) is 1. The van der Waals surface area contributed by atoms with Gasteiger partial charge in [0.25, 0.3) is 11.6 Å². The fraction of sp³-hybridized carbons (Fsp3) is 0.200. The maximum Gasteiger partial charge on any atom is 0.316 e. The van der Waals surface area contributed by atoms with E-state index in [1.54, 1.807) is 18.2 Å². The molecule has 0 bridgehead atoms. The minimum absolute atomic E-state index is 0.0691. The Morgan fingerprint density at radius 2 is 1.90 bits per heavy atom. The molecule has 0 aliphatic carbocycles. The van der Waals surface area contributed by atoms with Crippen molar-refractivity contribution in [1.82, 2.24) is 10.3 Å². The molecule has 1 heterocycles. The summed E-state index contributed by atoms with van der Waals surface area (Å²) < 4.78 is 4.94. The Labute approximate surface area is 170 Å². The van der Waals surface area contributed by atoms with Crippen molar-refractivity contribution in [2.45, 2.75) is 11.3 Å². The van der Waals surface area contributed by atoms with Gasteiger partial charge in [-0.1, -0.05) is 30.3 Å². The number of aromatic nitrogens is 1. The van der Waals surface area contributed by atoms with E-state index in [1.165, 1.54) is 6.07 Å². The van der Waals surface area contributed by atoms with E-state index < -0.39 is 16.8 Å². The minimum Gasteiger partial charge on any atom is -0.455 e. The summed E-state index contributed by atoms with van der Waals surface area (Å²) in [6.45, 7) is 0.0351. The first kappa shape index (κ1) is 20.4. The summed E-state index contributed by atoms with van der Waals surface area (Å²) in [5.41, 5.74) is 2.07. The van der Waals surface area contributed by atoms with Crippen molar-refractivity contribution in [3.8, 4) is 0 Å². The van der Waals surface area contributed by atoms with E-state index in [-0.39, 0.29) is 18.0 Å². The minimum atomic E-state index is -0.611. The zero-order valence-corrected chi connectivity index (χ0v) is 16.2. The number of nitro benzene ring substituents is 1. The third kappa shape index (κ3) is 5.58. The third-order valence-corrected chi connectivity index (χ3v) is 5.20. The molecule has 0 atom stereocenters. The zero-order valence-electron chi connectivity index (χ0n) is 15.4. The van der Waals surface area contributed by atoms with Crippen molar-refractivity contribution in [1.29, 1.82) is 0 Å². The van der Waals surface area contributed by atoms with Gasteiger partial charge >= 0.3 is 5.97 Å². The normalized spacial score (nSPS) is 10.6. The predicted octanol–water partition coefficient (Wildman–Crippen LogP) is 3.07. The summed E-state index contributed by atoms with van der Waals surface area (Å²) in [6.07, 6.45) is 2.56. The highest BCUT2D eigenvalue weighted by atomic mass is 32.2. The molecule has 2 aromatic carbocycles. The zero-order chi connectivity index (χ0) is 20.6. The third-order valence-electron chi connectivity index (χ3n) is 4.16. The summed E-state index contributed by atoms with van der Waals surface area (Å²) >= 11 is 1.00. The van der Waals surface area contributed by atoms with Gasteiger partial charge in [0, 0.05) is 29.7 Å². The number of hydrogen-bond acceptors (Lipinski definition) is 6. The number of aromatic amines is 1. The fourth-order valence-corrected chi connectivity index (χ4v) is 3.60. The number of carbonyl (C=O) groups is 2. The van der Waals surface area contributed by atoms with Gasteiger partial charge < -0.3 is 15.0 Å². The van der Waals surface area contributed by atoms with Crippen LogP contribution in [0.15, 0.2) is 59.6 Å². The van der Waals surface area contributed by atoms with Crippen molar-refractivity contribution in [3.63, 3.8) is 0 Å². The molecule has 0 spiro atoms. The monoisotopic (exact) mass is 413 g/mol. The molecule has 29 heavy (non-hydrogen) atoms. The van der Waals surface area contributed by atoms with Gasteiger partial charge in [0.1, 0.15) is 0 Å². The highest BCUT2D eigenvalue weighted by molar-refractivity contribution is 8.00. The van der Waals surface area contributed by atoms with E-state index in [2.05, 4.69) is 10.3 Å². The van der Waals surface area contributed by atoms with Crippen molar-refractivity contribution in [2.75, 3.05) is 18.9 Å². The average Bonchev–Trinajstić information content (AvgIpc) is 3.14. The van der Waals surface area contributed by atoms with E-state index in [4.69, 9.17) is 4.74 Å². The first-order chi connectivity index (χ1) is 14.0. The largest absolute Gasteiger partial charge is 0.455 e. The van der Waals surface area contributed by atoms with Gasteiger partial charge in [0.05, 0.1) is 15.6 Å². The second-order valence-corrected chi connectivity index (χ2v) is 7.15. The molecule has 0 saturated carbocycles. The summed E-state index contributed by atoms with van der Waals surface area (Å²) in [5.74, 6) is -1.12. The molecule has 2 N–H and O–H groups in total. The number of amides is 1. The lowest BCUT2D eigenvalue weighted by molar-refractivity contribution is -0.387. The first-order valence-corrected chi connectivity index (χ1v) is 9.86. The maximum atomic E-state index is 11.9. The second kappa shape index (κ2) is 9.74. The lowest BCUT2D eigenvalue weighted by Crippen LogP contribution is -2.30. The van der Waals surface area contributed by atoms with Crippen LogP contribution in [0.3, 0.4) is 0 Å². The number of benzene rings is 2. The number of nitrogens with zero attached hydrogens (tertiary/aromatic N) is 1. The Hall–Kier alpha value is -3.33. The molecule has 9 heteroatoms. The van der Waals surface area contributed by atoms with Crippen LogP contribution >= 0.6 is 11.8 Å². The van der Waals surface area contributed by atoms with Crippen LogP contribution in [0.4, 0.5) is 5.69 Å². The summed E-state index contributed by atoms with van der Waals surface area (Å²) in [7, 11) is 0. The van der Waals surface area contributed by atoms with Crippen molar-refractivity contribution < 1.29 is 19.2 Å². The lowest BCUT2D eigenvalue weighted by atomic mass is 10.1. The van der Waals surface area contributed by atoms with Crippen LogP contribution in [0, 0.1) is 10.1 Å². The molecule has 8 nitrogen and oxygen atoms in total. The fourth-order valence-electron chi connectivity index (χ4n) is 2.78. The van der Waals surface area contributed by atoms with Crippen LogP contribution in [0.5, 0.6) is 0 Å². The van der Waals surface area contributed by atoms with Gasteiger partial charge in [-0.2, -0.15) is 0 Å². The van der Waals surface area contributed by atoms with Crippen LogP contribution in [0.25, 0.3) is 10.9 Å². The van der Waals surface area contributed by atoms with Crippen LogP contribution < -0.4 is 5.32 Å². The molecule has 1 aromatic heterocycles. The van der Waals surface area contributed by atoms with Gasteiger partial charge in [-0.3, -0.25) is 19.7 Å². The number of H-pyrrole nitrogens is 1. The Kier molecular flexibility index (Phi) is 6.85. The number of hydrogen-bond donors (Lipinski definition) is 2. The number of thioether (sulfide) groups is 1. The number of esters is 1. The van der Waals surface area contributed by atoms with E-state index in [9.17, 15) is 19.7 Å². The average molecular weight is 413 g/mol. The van der Waals surface area contributed by atoms with Gasteiger partial charge in [-0.05, 0) is 24.1 Å². The summed E-state index contributed by atoms with van der Waals surface area (Å²) in [4.78, 5) is 37.7. The topological polar surface area (TPSA) is 114 Å². The van der Waals surface area contributed by atoms with E-state index in [0.717, 1.165) is 28.2 Å². The molecule has 0 aliphatic heterocycles. The molecule has 0 saturated heterocycles. The van der Waals surface area contributed by atoms with Crippen molar-refractivity contribution >= 4 is 40.2 Å². The summed E-state index contributed by atoms with van der Waals surface area (Å²) in [5, 5.41) is 14.8. The first-order valence-electron chi connectivity index (χ1n) is 8.88. The number of rotatable bonds is 9. The molecular weight excluding hydrogens is 394 g/mol. The van der Waals surface area contributed by atoms with Crippen LogP contribution in [-0.2, 0) is 20.7 Å². The summed E-state index contributed by atoms with van der Waals surface area (Å²) in [6, 6.07) is 14.1. The maximum absolute atomic E-state index is 11.9. The predicted molar refractivity (Wildman–Crippen MR) is 110 cm³/mol. The number of fused-ring (bicyclic) bond motifs is 1. The smallest absolute Gasteiger partial charge is 0.316 e. The lowest BCUT2D eigenvalue weighted by Gasteiger charge is -2.07. The molecular formula is C20H19N3O5S. The molecule has 0 aliphatic rings. The number of nitro groups is 1. The van der Waals surface area contributed by atoms with E-state index >= 15 is 0 Å². The molecule has 0 fully saturated rings. The van der Waals surface area contributed by atoms with Gasteiger partial charge in [-0.15, -0.1) is 11.8 Å². The number of carbonyl (C=O) groups excluding carboxylic acids is 2. The number of nitrogens with one attached hydrogen (secondary N) is 2. The Morgan fingerprint density at radius 3 is 2.72 bits per heavy atom. The quantitative estimate of drug-likeness (QED) is 0.241. The molecule has 150 valence electrons. The molecule has 0 unspecified atom stereocenters. The van der Waals surface area contributed by atoms with E-state index in [1.807, 2.05) is 30.5 Å². The van der Waals surface area contributed by atoms with Crippen LogP contribution in [0.2, 0.25) is 0 Å². The number of para-hydroxylation sites is 2. The Bertz CT molecular complexity index is 1030. The molecule has 3 aromatic rings. The second-order valence-electron chi connectivity index (χ2n) is 6.13. The molecule has 1 amide bonds.